The fraction of sp³-hybridized carbons (Fsp3) is 0.286. The topological polar surface area (TPSA) is 97.9 Å². The Morgan fingerprint density at radius 2 is 2.10 bits per heavy atom. The molecular formula is C14H17N3O4. The number of nitrogens with zero attached hydrogens (tertiary/aromatic N) is 2. The molecule has 1 aromatic carbocycles. The van der Waals surface area contributed by atoms with E-state index in [9.17, 15) is 4.79 Å². The highest BCUT2D eigenvalue weighted by atomic mass is 16.5. The zero-order valence-corrected chi connectivity index (χ0v) is 12.1. The van der Waals surface area contributed by atoms with Crippen molar-refractivity contribution in [2.75, 3.05) is 38.4 Å². The fourth-order valence-electron chi connectivity index (χ4n) is 2.24. The van der Waals surface area contributed by atoms with Crippen molar-refractivity contribution in [3.63, 3.8) is 0 Å². The van der Waals surface area contributed by atoms with Gasteiger partial charge in [-0.25, -0.2) is 4.98 Å². The summed E-state index contributed by atoms with van der Waals surface area (Å²) in [6.07, 6.45) is 1.58. The van der Waals surface area contributed by atoms with E-state index in [1.807, 2.05) is 0 Å². The highest BCUT2D eigenvalue weighted by Gasteiger charge is 2.17. The van der Waals surface area contributed by atoms with Crippen LogP contribution in [0.1, 0.15) is 0 Å². The van der Waals surface area contributed by atoms with Crippen molar-refractivity contribution in [2.45, 2.75) is 0 Å². The van der Waals surface area contributed by atoms with Crippen LogP contribution in [0.2, 0.25) is 0 Å². The Morgan fingerprint density at radius 3 is 2.67 bits per heavy atom. The minimum absolute atomic E-state index is 0.166. The zero-order valence-electron chi connectivity index (χ0n) is 12.1. The third-order valence-corrected chi connectivity index (χ3v) is 3.16. The molecule has 0 aliphatic heterocycles. The molecule has 0 unspecified atom stereocenters. The first-order valence-corrected chi connectivity index (χ1v) is 6.21. The first-order chi connectivity index (χ1) is 9.99. The van der Waals surface area contributed by atoms with Gasteiger partial charge in [0.1, 0.15) is 12.4 Å². The summed E-state index contributed by atoms with van der Waals surface area (Å²) in [6.45, 7) is -0.166. The molecule has 0 bridgehead atoms. The molecule has 0 saturated carbocycles. The smallest absolute Gasteiger partial charge is 0.323 e. The van der Waals surface area contributed by atoms with E-state index in [1.165, 1.54) is 19.1 Å². The first kappa shape index (κ1) is 14.7. The zero-order chi connectivity index (χ0) is 15.6. The molecule has 2 rings (SSSR count). The third-order valence-electron chi connectivity index (χ3n) is 3.16. The maximum Gasteiger partial charge on any atom is 0.323 e. The molecule has 1 aromatic heterocycles. The van der Waals surface area contributed by atoms with Gasteiger partial charge in [-0.15, -0.1) is 0 Å². The summed E-state index contributed by atoms with van der Waals surface area (Å²) in [5.41, 5.74) is 6.54. The van der Waals surface area contributed by atoms with Gasteiger partial charge in [0.05, 0.1) is 19.9 Å². The van der Waals surface area contributed by atoms with Gasteiger partial charge >= 0.3 is 5.97 Å². The summed E-state index contributed by atoms with van der Waals surface area (Å²) in [5.74, 6) is 0.496. The Morgan fingerprint density at radius 1 is 1.38 bits per heavy atom. The minimum atomic E-state index is -0.940. The van der Waals surface area contributed by atoms with Crippen LogP contribution < -0.4 is 20.1 Å². The number of ether oxygens (including phenoxy) is 2. The average molecular weight is 291 g/mol. The van der Waals surface area contributed by atoms with Crippen molar-refractivity contribution in [1.29, 1.82) is 0 Å². The van der Waals surface area contributed by atoms with Gasteiger partial charge in [0, 0.05) is 24.0 Å². The van der Waals surface area contributed by atoms with E-state index in [4.69, 9.17) is 20.3 Å². The van der Waals surface area contributed by atoms with E-state index >= 15 is 0 Å². The number of likely N-dealkylation sites (N-methyl/N-ethyl adjacent to an activating group) is 1. The summed E-state index contributed by atoms with van der Waals surface area (Å²) in [4.78, 5) is 16.7. The lowest BCUT2D eigenvalue weighted by Gasteiger charge is -2.20. The van der Waals surface area contributed by atoms with Crippen molar-refractivity contribution in [3.8, 4) is 11.5 Å². The molecule has 3 N–H and O–H groups in total. The van der Waals surface area contributed by atoms with Crippen LogP contribution in [-0.4, -0.2) is 43.9 Å². The second-order valence-electron chi connectivity index (χ2n) is 4.51. The number of anilines is 2. The van der Waals surface area contributed by atoms with Crippen LogP contribution in [0.25, 0.3) is 10.8 Å². The SMILES string of the molecule is COc1cc2c(N(C)CC(=O)O)nccc2c(N)c1OC. The minimum Gasteiger partial charge on any atom is -0.493 e. The molecule has 112 valence electrons. The van der Waals surface area contributed by atoms with Gasteiger partial charge in [0.25, 0.3) is 0 Å². The maximum absolute atomic E-state index is 10.9. The van der Waals surface area contributed by atoms with E-state index in [2.05, 4.69) is 4.98 Å². The lowest BCUT2D eigenvalue weighted by Crippen LogP contribution is -2.26. The molecule has 0 saturated heterocycles. The normalized spacial score (nSPS) is 10.4. The second-order valence-corrected chi connectivity index (χ2v) is 4.51. The molecule has 2 aromatic rings. The van der Waals surface area contributed by atoms with Gasteiger partial charge < -0.3 is 25.2 Å². The Kier molecular flexibility index (Phi) is 4.02. The third kappa shape index (κ3) is 2.62. The number of nitrogens with two attached hydrogens (primary N) is 1. The molecule has 0 aliphatic rings. The number of pyridine rings is 1. The van der Waals surface area contributed by atoms with Crippen molar-refractivity contribution >= 4 is 28.2 Å². The van der Waals surface area contributed by atoms with Crippen LogP contribution in [-0.2, 0) is 4.79 Å². The Balaban J connectivity index is 2.69. The predicted octanol–water partition coefficient (Wildman–Crippen LogP) is 1.35. The number of benzene rings is 1. The number of carboxylic acid groups (broad SMARTS) is 1. The van der Waals surface area contributed by atoms with Gasteiger partial charge in [0.15, 0.2) is 11.5 Å². The van der Waals surface area contributed by atoms with Crippen molar-refractivity contribution in [3.05, 3.63) is 18.3 Å². The molecule has 1 heterocycles. The van der Waals surface area contributed by atoms with E-state index in [1.54, 1.807) is 25.4 Å². The number of carboxylic acids is 1. The monoisotopic (exact) mass is 291 g/mol. The van der Waals surface area contributed by atoms with Crippen LogP contribution in [0.15, 0.2) is 18.3 Å². The lowest BCUT2D eigenvalue weighted by molar-refractivity contribution is -0.135. The molecule has 7 heteroatoms. The molecule has 0 fully saturated rings. The quantitative estimate of drug-likeness (QED) is 0.802. The molecule has 0 spiro atoms. The Bertz CT molecular complexity index is 687. The summed E-state index contributed by atoms with van der Waals surface area (Å²) in [5, 5.41) is 10.4. The molecule has 0 radical (unpaired) electrons. The van der Waals surface area contributed by atoms with Crippen molar-refractivity contribution < 1.29 is 19.4 Å². The summed E-state index contributed by atoms with van der Waals surface area (Å²) in [7, 11) is 4.68. The molecule has 21 heavy (non-hydrogen) atoms. The number of nitrogen functional groups attached to an aromatic ring is 1. The van der Waals surface area contributed by atoms with Crippen molar-refractivity contribution in [1.82, 2.24) is 4.98 Å². The Hall–Kier alpha value is -2.70. The number of carbonyl (C=O) groups is 1. The van der Waals surface area contributed by atoms with Gasteiger partial charge in [0.2, 0.25) is 0 Å². The number of rotatable bonds is 5. The number of methoxy groups -OCH3 is 2. The number of hydrogen-bond donors (Lipinski definition) is 2. The van der Waals surface area contributed by atoms with Crippen molar-refractivity contribution in [2.24, 2.45) is 0 Å². The van der Waals surface area contributed by atoms with Crippen LogP contribution in [0.3, 0.4) is 0 Å². The van der Waals surface area contributed by atoms with E-state index in [0.717, 1.165) is 5.39 Å². The number of aromatic nitrogens is 1. The highest BCUT2D eigenvalue weighted by molar-refractivity contribution is 6.03. The van der Waals surface area contributed by atoms with Gasteiger partial charge in [-0.05, 0) is 12.1 Å². The number of aliphatic carboxylic acids is 1. The maximum atomic E-state index is 10.9. The molecular weight excluding hydrogens is 274 g/mol. The number of hydrogen-bond acceptors (Lipinski definition) is 6. The summed E-state index contributed by atoms with van der Waals surface area (Å²) >= 11 is 0. The lowest BCUT2D eigenvalue weighted by atomic mass is 10.1. The average Bonchev–Trinajstić information content (AvgIpc) is 2.45. The predicted molar refractivity (Wildman–Crippen MR) is 80.2 cm³/mol. The molecule has 0 atom stereocenters. The standard InChI is InChI=1S/C14H17N3O4/c1-17(7-11(18)19)14-9-6-10(20-2)13(21-3)12(15)8(9)4-5-16-14/h4-6H,7,15H2,1-3H3,(H,18,19). The fourth-order valence-corrected chi connectivity index (χ4v) is 2.24. The summed E-state index contributed by atoms with van der Waals surface area (Å²) in [6, 6.07) is 3.50. The van der Waals surface area contributed by atoms with Gasteiger partial charge in [-0.2, -0.15) is 0 Å². The summed E-state index contributed by atoms with van der Waals surface area (Å²) < 4.78 is 10.5. The van der Waals surface area contributed by atoms with Crippen LogP contribution in [0, 0.1) is 0 Å². The largest absolute Gasteiger partial charge is 0.493 e. The van der Waals surface area contributed by atoms with E-state index in [0.29, 0.717) is 28.4 Å². The van der Waals surface area contributed by atoms with Gasteiger partial charge in [-0.3, -0.25) is 4.79 Å². The molecule has 0 amide bonds. The van der Waals surface area contributed by atoms with Crippen LogP contribution >= 0.6 is 0 Å². The molecule has 7 nitrogen and oxygen atoms in total. The first-order valence-electron chi connectivity index (χ1n) is 6.21. The van der Waals surface area contributed by atoms with E-state index < -0.39 is 5.97 Å². The van der Waals surface area contributed by atoms with Gasteiger partial charge in [-0.1, -0.05) is 0 Å². The highest BCUT2D eigenvalue weighted by Crippen LogP contribution is 2.41. The van der Waals surface area contributed by atoms with Crippen LogP contribution in [0.5, 0.6) is 11.5 Å². The second kappa shape index (κ2) is 5.74. The van der Waals surface area contributed by atoms with E-state index in [-0.39, 0.29) is 6.54 Å². The number of fused-ring (bicyclic) bond motifs is 1. The van der Waals surface area contributed by atoms with Crippen LogP contribution in [0.4, 0.5) is 11.5 Å². The molecule has 0 aliphatic carbocycles. The Labute approximate surface area is 121 Å².